The van der Waals surface area contributed by atoms with Crippen LogP contribution < -0.4 is 5.73 Å². The van der Waals surface area contributed by atoms with Gasteiger partial charge in [-0.15, -0.1) is 0 Å². The number of rotatable bonds is 3. The number of aryl methyl sites for hydroxylation is 1. The molecule has 0 aromatic heterocycles. The molecule has 1 aromatic carbocycles. The Balaban J connectivity index is 2.78. The Kier molecular flexibility index (Phi) is 3.94. The van der Waals surface area contributed by atoms with Gasteiger partial charge >= 0.3 is 0 Å². The summed E-state index contributed by atoms with van der Waals surface area (Å²) in [6.45, 7) is 7.42. The third kappa shape index (κ3) is 3.56. The van der Waals surface area contributed by atoms with Crippen molar-refractivity contribution < 1.29 is 9.90 Å². The summed E-state index contributed by atoms with van der Waals surface area (Å²) in [7, 11) is 0. The highest BCUT2D eigenvalue weighted by Crippen LogP contribution is 2.21. The predicted octanol–water partition coefficient (Wildman–Crippen LogP) is 2.19. The van der Waals surface area contributed by atoms with Crippen LogP contribution in [0.4, 0.5) is 0 Å². The van der Waals surface area contributed by atoms with Crippen LogP contribution in [-0.4, -0.2) is 16.9 Å². The SMILES string of the molecule is Cc1ccc(CC(N)C(=O)C(C)(C)C)cc1O. The molecule has 0 radical (unpaired) electrons. The minimum Gasteiger partial charge on any atom is -0.508 e. The van der Waals surface area contributed by atoms with E-state index in [-0.39, 0.29) is 11.5 Å². The van der Waals surface area contributed by atoms with Crippen LogP contribution >= 0.6 is 0 Å². The van der Waals surface area contributed by atoms with E-state index in [0.29, 0.717) is 6.42 Å². The summed E-state index contributed by atoms with van der Waals surface area (Å²) in [4.78, 5) is 11.9. The lowest BCUT2D eigenvalue weighted by Gasteiger charge is -2.21. The summed E-state index contributed by atoms with van der Waals surface area (Å²) in [6.07, 6.45) is 0.462. The summed E-state index contributed by atoms with van der Waals surface area (Å²) in [5.74, 6) is 0.287. The molecule has 3 nitrogen and oxygen atoms in total. The van der Waals surface area contributed by atoms with Crippen molar-refractivity contribution in [1.29, 1.82) is 0 Å². The van der Waals surface area contributed by atoms with Gasteiger partial charge in [-0.25, -0.2) is 0 Å². The molecule has 0 aliphatic heterocycles. The lowest BCUT2D eigenvalue weighted by Crippen LogP contribution is -2.40. The number of benzene rings is 1. The fraction of sp³-hybridized carbons (Fsp3) is 0.500. The number of carbonyl (C=O) groups excluding carboxylic acids is 1. The van der Waals surface area contributed by atoms with Gasteiger partial charge in [0.25, 0.3) is 0 Å². The second-order valence-corrected chi connectivity index (χ2v) is 5.55. The molecular weight excluding hydrogens is 214 g/mol. The highest BCUT2D eigenvalue weighted by molar-refractivity contribution is 5.88. The molecule has 1 aromatic rings. The van der Waals surface area contributed by atoms with E-state index in [1.807, 2.05) is 39.8 Å². The average Bonchev–Trinajstić information content (AvgIpc) is 2.21. The molecule has 1 unspecified atom stereocenters. The van der Waals surface area contributed by atoms with Crippen LogP contribution in [0.25, 0.3) is 0 Å². The van der Waals surface area contributed by atoms with Crippen LogP contribution in [0.3, 0.4) is 0 Å². The largest absolute Gasteiger partial charge is 0.508 e. The predicted molar refractivity (Wildman–Crippen MR) is 69.0 cm³/mol. The average molecular weight is 235 g/mol. The zero-order valence-electron chi connectivity index (χ0n) is 10.9. The second-order valence-electron chi connectivity index (χ2n) is 5.55. The topological polar surface area (TPSA) is 63.3 Å². The smallest absolute Gasteiger partial charge is 0.155 e. The molecule has 17 heavy (non-hydrogen) atoms. The van der Waals surface area contributed by atoms with E-state index >= 15 is 0 Å². The minimum absolute atomic E-state index is 0.0394. The normalized spacial score (nSPS) is 13.5. The number of Topliss-reactive ketones (excluding diaryl/α,β-unsaturated/α-hetero) is 1. The van der Waals surface area contributed by atoms with E-state index in [1.165, 1.54) is 0 Å². The Morgan fingerprint density at radius 2 is 2.00 bits per heavy atom. The second kappa shape index (κ2) is 4.88. The molecule has 0 spiro atoms. The molecule has 1 atom stereocenters. The molecule has 1 rings (SSSR count). The van der Waals surface area contributed by atoms with E-state index in [1.54, 1.807) is 6.07 Å². The van der Waals surface area contributed by atoms with Crippen LogP contribution in [0.5, 0.6) is 5.75 Å². The van der Waals surface area contributed by atoms with Crippen LogP contribution in [0, 0.1) is 12.3 Å². The highest BCUT2D eigenvalue weighted by Gasteiger charge is 2.27. The molecule has 0 saturated carbocycles. The van der Waals surface area contributed by atoms with Crippen molar-refractivity contribution in [3.63, 3.8) is 0 Å². The fourth-order valence-corrected chi connectivity index (χ4v) is 1.68. The molecule has 3 N–H and O–H groups in total. The van der Waals surface area contributed by atoms with Crippen molar-refractivity contribution in [3.8, 4) is 5.75 Å². The minimum atomic E-state index is -0.517. The van der Waals surface area contributed by atoms with Crippen LogP contribution in [-0.2, 0) is 11.2 Å². The van der Waals surface area contributed by atoms with Crippen molar-refractivity contribution in [2.45, 2.75) is 40.2 Å². The monoisotopic (exact) mass is 235 g/mol. The molecule has 94 valence electrons. The Hall–Kier alpha value is -1.35. The quantitative estimate of drug-likeness (QED) is 0.844. The lowest BCUT2D eigenvalue weighted by molar-refractivity contribution is -0.127. The number of aromatic hydroxyl groups is 1. The standard InChI is InChI=1S/C14H21NO2/c1-9-5-6-10(8-12(9)16)7-11(15)13(17)14(2,3)4/h5-6,8,11,16H,7,15H2,1-4H3. The maximum atomic E-state index is 11.9. The lowest BCUT2D eigenvalue weighted by atomic mass is 9.84. The first-order valence-electron chi connectivity index (χ1n) is 5.80. The molecule has 0 fully saturated rings. The summed E-state index contributed by atoms with van der Waals surface area (Å²) in [5.41, 5.74) is 7.18. The van der Waals surface area contributed by atoms with Crippen LogP contribution in [0.15, 0.2) is 18.2 Å². The van der Waals surface area contributed by atoms with Crippen molar-refractivity contribution in [2.24, 2.45) is 11.1 Å². The van der Waals surface area contributed by atoms with E-state index in [2.05, 4.69) is 0 Å². The third-order valence-corrected chi connectivity index (χ3v) is 2.81. The van der Waals surface area contributed by atoms with Gasteiger partial charge in [0.2, 0.25) is 0 Å². The number of phenolic OH excluding ortho intramolecular Hbond substituents is 1. The van der Waals surface area contributed by atoms with Crippen LogP contribution in [0.2, 0.25) is 0 Å². The summed E-state index contributed by atoms with van der Waals surface area (Å²) < 4.78 is 0. The molecular formula is C14H21NO2. The van der Waals surface area contributed by atoms with E-state index in [0.717, 1.165) is 11.1 Å². The Morgan fingerprint density at radius 1 is 1.41 bits per heavy atom. The van der Waals surface area contributed by atoms with Gasteiger partial charge in [-0.3, -0.25) is 4.79 Å². The van der Waals surface area contributed by atoms with Crippen molar-refractivity contribution in [1.82, 2.24) is 0 Å². The number of hydrogen-bond donors (Lipinski definition) is 2. The molecule has 0 aliphatic rings. The van der Waals surface area contributed by atoms with Gasteiger partial charge in [0.1, 0.15) is 5.75 Å². The zero-order valence-corrected chi connectivity index (χ0v) is 10.9. The first-order chi connectivity index (χ1) is 7.71. The maximum Gasteiger partial charge on any atom is 0.155 e. The van der Waals surface area contributed by atoms with Gasteiger partial charge < -0.3 is 10.8 Å². The van der Waals surface area contributed by atoms with E-state index in [4.69, 9.17) is 5.73 Å². The summed E-state index contributed by atoms with van der Waals surface area (Å²) in [5, 5.41) is 9.59. The Labute approximate surface area is 103 Å². The van der Waals surface area contributed by atoms with Gasteiger partial charge in [0, 0.05) is 5.41 Å². The molecule has 0 aliphatic carbocycles. The van der Waals surface area contributed by atoms with Gasteiger partial charge in [0.15, 0.2) is 5.78 Å². The van der Waals surface area contributed by atoms with Crippen molar-refractivity contribution in [3.05, 3.63) is 29.3 Å². The fourth-order valence-electron chi connectivity index (χ4n) is 1.68. The van der Waals surface area contributed by atoms with E-state index in [9.17, 15) is 9.90 Å². The van der Waals surface area contributed by atoms with Crippen LogP contribution in [0.1, 0.15) is 31.9 Å². The maximum absolute atomic E-state index is 11.9. The number of ketones is 1. The number of phenols is 1. The molecule has 0 saturated heterocycles. The van der Waals surface area contributed by atoms with Gasteiger partial charge in [-0.2, -0.15) is 0 Å². The van der Waals surface area contributed by atoms with Crippen molar-refractivity contribution >= 4 is 5.78 Å². The first-order valence-corrected chi connectivity index (χ1v) is 5.80. The molecule has 0 amide bonds. The Morgan fingerprint density at radius 3 is 2.47 bits per heavy atom. The third-order valence-electron chi connectivity index (χ3n) is 2.81. The first kappa shape index (κ1) is 13.7. The number of nitrogens with two attached hydrogens (primary N) is 1. The van der Waals surface area contributed by atoms with E-state index < -0.39 is 11.5 Å². The molecule has 0 heterocycles. The van der Waals surface area contributed by atoms with Crippen molar-refractivity contribution in [2.75, 3.05) is 0 Å². The molecule has 0 bridgehead atoms. The van der Waals surface area contributed by atoms with Gasteiger partial charge in [-0.1, -0.05) is 32.9 Å². The number of hydrogen-bond acceptors (Lipinski definition) is 3. The zero-order chi connectivity index (χ0) is 13.2. The van der Waals surface area contributed by atoms with Gasteiger partial charge in [-0.05, 0) is 30.5 Å². The highest BCUT2D eigenvalue weighted by atomic mass is 16.3. The number of carbonyl (C=O) groups is 1. The van der Waals surface area contributed by atoms with Gasteiger partial charge in [0.05, 0.1) is 6.04 Å². The molecule has 3 heteroatoms. The summed E-state index contributed by atoms with van der Waals surface area (Å²) in [6, 6.07) is 4.88. The Bertz CT molecular complexity index is 419. The summed E-state index contributed by atoms with van der Waals surface area (Å²) >= 11 is 0.